The van der Waals surface area contributed by atoms with E-state index in [0.29, 0.717) is 0 Å². The predicted molar refractivity (Wildman–Crippen MR) is 271 cm³/mol. The first-order chi connectivity index (χ1) is 32.5. The molecule has 0 spiro atoms. The van der Waals surface area contributed by atoms with Crippen LogP contribution >= 0.6 is 0 Å². The van der Waals surface area contributed by atoms with Crippen molar-refractivity contribution in [3.05, 3.63) is 234 Å². The van der Waals surface area contributed by atoms with E-state index in [1.807, 2.05) is 48.5 Å². The molecule has 3 aromatic heterocycles. The lowest BCUT2D eigenvalue weighted by Crippen LogP contribution is -1.99. The molecule has 314 valence electrons. The molecule has 2 aliphatic rings. The maximum Gasteiger partial charge on any atom is 0.189 e. The van der Waals surface area contributed by atoms with Gasteiger partial charge in [0.1, 0.15) is 5.75 Å². The summed E-state index contributed by atoms with van der Waals surface area (Å²) in [5, 5.41) is 14.0. The summed E-state index contributed by atoms with van der Waals surface area (Å²) in [6, 6.07) is 64.6. The summed E-state index contributed by atoms with van der Waals surface area (Å²) in [6.07, 6.45) is 9.61. The molecule has 9 aromatic rings. The molecule has 11 rings (SSSR count). The smallest absolute Gasteiger partial charge is 0.189 e. The third-order valence-electron chi connectivity index (χ3n) is 11.9. The number of fused-ring (bicyclic) bond motifs is 8. The zero-order valence-corrected chi connectivity index (χ0v) is 35.6. The number of H-pyrrole nitrogens is 2. The van der Waals surface area contributed by atoms with Crippen LogP contribution in [0.5, 0.6) is 5.75 Å². The molecule has 0 fully saturated rings. The number of carbonyl (C=O) groups excluding carboxylic acids is 1. The highest BCUT2D eigenvalue weighted by Crippen LogP contribution is 2.40. The molecule has 8 bridgehead atoms. The number of nitrogens with one attached hydrogen (secondary N) is 3. The first-order valence-electron chi connectivity index (χ1n) is 21.8. The monoisotopic (exact) mass is 851 g/mol. The van der Waals surface area contributed by atoms with Crippen molar-refractivity contribution in [2.24, 2.45) is 0 Å². The van der Waals surface area contributed by atoms with Gasteiger partial charge in [0.25, 0.3) is 0 Å². The number of rotatable bonds is 9. The fourth-order valence-electron chi connectivity index (χ4n) is 8.79. The molecular weight excluding hydrogens is 811 g/mol. The third-order valence-corrected chi connectivity index (χ3v) is 11.9. The second-order valence-corrected chi connectivity index (χ2v) is 16.1. The van der Waals surface area contributed by atoms with Gasteiger partial charge in [-0.15, -0.1) is 0 Å². The Labute approximate surface area is 381 Å². The van der Waals surface area contributed by atoms with Gasteiger partial charge < -0.3 is 20.4 Å². The van der Waals surface area contributed by atoms with Gasteiger partial charge in [0, 0.05) is 50.0 Å². The standard InChI is InChI=1S/C59H41N5O2/c65-53-24-14-13-23-44(53)54(66)36-27-38-25-28-43(29-26-38)60-52-37-51-57(41-19-9-3-10-20-41)49-33-32-47(62-49)55(39-15-5-1-6-16-39)45-30-31-46(61-45)56(40-17-7-2-8-18-40)48-34-35-50(63-48)58(59(52)64-51)42-21-11-4-12-22-42/h1-37,60,62-63,65H/b36-27+,55-45?,55-47?,56-46?,56-48?,57-49?,57-51?,58-50?,59-58?. The number of aromatic nitrogens is 4. The molecule has 7 heteroatoms. The molecule has 0 unspecified atom stereocenters. The summed E-state index contributed by atoms with van der Waals surface area (Å²) in [5.74, 6) is -0.315. The Bertz CT molecular complexity index is 3550. The van der Waals surface area contributed by atoms with Crippen LogP contribution in [0.25, 0.3) is 96.6 Å². The van der Waals surface area contributed by atoms with E-state index in [0.717, 1.165) is 106 Å². The van der Waals surface area contributed by atoms with E-state index in [-0.39, 0.29) is 17.1 Å². The van der Waals surface area contributed by atoms with Gasteiger partial charge in [-0.2, -0.15) is 0 Å². The van der Waals surface area contributed by atoms with Gasteiger partial charge in [-0.05, 0) is 101 Å². The molecule has 7 nitrogen and oxygen atoms in total. The number of benzene rings is 6. The average molecular weight is 852 g/mol. The lowest BCUT2D eigenvalue weighted by atomic mass is 10.0. The van der Waals surface area contributed by atoms with Crippen LogP contribution in [0.15, 0.2) is 200 Å². The van der Waals surface area contributed by atoms with Crippen molar-refractivity contribution >= 4 is 63.5 Å². The number of aromatic amines is 2. The molecule has 4 N–H and O–H groups in total. The van der Waals surface area contributed by atoms with E-state index in [1.165, 1.54) is 12.1 Å². The van der Waals surface area contributed by atoms with E-state index in [9.17, 15) is 9.90 Å². The summed E-state index contributed by atoms with van der Waals surface area (Å²) in [6.45, 7) is 0. The van der Waals surface area contributed by atoms with E-state index < -0.39 is 0 Å². The van der Waals surface area contributed by atoms with Crippen molar-refractivity contribution < 1.29 is 9.90 Å². The van der Waals surface area contributed by atoms with Crippen LogP contribution in [0.3, 0.4) is 0 Å². The Hall–Kier alpha value is -9.07. The Morgan fingerprint density at radius 2 is 0.909 bits per heavy atom. The highest BCUT2D eigenvalue weighted by atomic mass is 16.3. The topological polar surface area (TPSA) is 107 Å². The maximum absolute atomic E-state index is 12.9. The zero-order valence-electron chi connectivity index (χ0n) is 35.6. The third kappa shape index (κ3) is 7.71. The van der Waals surface area contributed by atoms with Crippen LogP contribution in [0, 0.1) is 0 Å². The molecule has 2 aliphatic heterocycles. The number of carbonyl (C=O) groups is 1. The molecule has 0 radical (unpaired) electrons. The Morgan fingerprint density at radius 3 is 1.41 bits per heavy atom. The van der Waals surface area contributed by atoms with Gasteiger partial charge >= 0.3 is 0 Å². The van der Waals surface area contributed by atoms with Crippen molar-refractivity contribution in [3.8, 4) is 50.3 Å². The minimum Gasteiger partial charge on any atom is -0.507 e. The summed E-state index contributed by atoms with van der Waals surface area (Å²) in [7, 11) is 0. The lowest BCUT2D eigenvalue weighted by molar-refractivity contribution is 0.104. The van der Waals surface area contributed by atoms with Crippen molar-refractivity contribution in [3.63, 3.8) is 0 Å². The quantitative estimate of drug-likeness (QED) is 0.0855. The number of phenolic OH excluding ortho intramolecular Hbond substituents is 1. The minimum atomic E-state index is -0.272. The number of anilines is 1. The van der Waals surface area contributed by atoms with Crippen LogP contribution in [-0.4, -0.2) is 30.8 Å². The molecule has 6 aromatic carbocycles. The van der Waals surface area contributed by atoms with Gasteiger partial charge in [0.15, 0.2) is 5.78 Å². The molecule has 5 heterocycles. The molecule has 0 aliphatic carbocycles. The number of aromatic hydroxyl groups is 1. The molecule has 0 amide bonds. The highest BCUT2D eigenvalue weighted by molar-refractivity contribution is 6.09. The summed E-state index contributed by atoms with van der Waals surface area (Å²) < 4.78 is 0. The summed E-state index contributed by atoms with van der Waals surface area (Å²) in [5.41, 5.74) is 17.6. The molecule has 0 saturated carbocycles. The second-order valence-electron chi connectivity index (χ2n) is 16.1. The van der Waals surface area contributed by atoms with Gasteiger partial charge in [0.05, 0.1) is 34.0 Å². The molecular formula is C59H41N5O2. The maximum atomic E-state index is 12.9. The van der Waals surface area contributed by atoms with Gasteiger partial charge in [-0.25, -0.2) is 9.97 Å². The highest BCUT2D eigenvalue weighted by Gasteiger charge is 2.23. The normalized spacial score (nSPS) is 12.0. The van der Waals surface area contributed by atoms with Crippen molar-refractivity contribution in [1.82, 2.24) is 19.9 Å². The van der Waals surface area contributed by atoms with Crippen LogP contribution in [0.2, 0.25) is 0 Å². The Morgan fingerprint density at radius 1 is 0.470 bits per heavy atom. The van der Waals surface area contributed by atoms with Crippen molar-refractivity contribution in [1.29, 1.82) is 0 Å². The number of allylic oxidation sites excluding steroid dienone is 1. The van der Waals surface area contributed by atoms with Crippen LogP contribution in [0.1, 0.15) is 38.7 Å². The number of phenols is 1. The van der Waals surface area contributed by atoms with Crippen LogP contribution in [-0.2, 0) is 0 Å². The zero-order chi connectivity index (χ0) is 44.4. The number of ketones is 1. The van der Waals surface area contributed by atoms with Gasteiger partial charge in [-0.3, -0.25) is 4.79 Å². The van der Waals surface area contributed by atoms with Crippen molar-refractivity contribution in [2.75, 3.05) is 5.32 Å². The fraction of sp³-hybridized carbons (Fsp3) is 0. The van der Waals surface area contributed by atoms with Gasteiger partial charge in [0.2, 0.25) is 0 Å². The average Bonchev–Trinajstić information content (AvgIpc) is 4.21. The van der Waals surface area contributed by atoms with Gasteiger partial charge in [-0.1, -0.05) is 152 Å². The van der Waals surface area contributed by atoms with Crippen LogP contribution in [0.4, 0.5) is 5.69 Å². The first kappa shape index (κ1) is 39.8. The SMILES string of the molecule is O=C(/C=C/c1ccc(NC2=Cc3nc2c(-c2ccccc2)c2ccc([nH]2)c(-c2ccccc2)c2nc(c(-c4ccccc4)c4ccc([nH]4)c3-c3ccccc3)C=C2)cc1)c1ccccc1O. The summed E-state index contributed by atoms with van der Waals surface area (Å²) in [4.78, 5) is 31.7. The molecule has 0 atom stereocenters. The lowest BCUT2D eigenvalue weighted by Gasteiger charge is -2.12. The van der Waals surface area contributed by atoms with E-state index in [1.54, 1.807) is 24.3 Å². The Kier molecular flexibility index (Phi) is 10.4. The Balaban J connectivity index is 1.17. The summed E-state index contributed by atoms with van der Waals surface area (Å²) >= 11 is 0. The van der Waals surface area contributed by atoms with E-state index in [2.05, 4.69) is 155 Å². The first-order valence-corrected chi connectivity index (χ1v) is 21.8. The largest absolute Gasteiger partial charge is 0.507 e. The number of hydrogen-bond acceptors (Lipinski definition) is 5. The number of nitrogens with zero attached hydrogens (tertiary/aromatic N) is 2. The minimum absolute atomic E-state index is 0.0434. The van der Waals surface area contributed by atoms with Crippen molar-refractivity contribution in [2.45, 2.75) is 0 Å². The molecule has 0 saturated heterocycles. The second kappa shape index (κ2) is 17.2. The predicted octanol–water partition coefficient (Wildman–Crippen LogP) is 14.4. The van der Waals surface area contributed by atoms with E-state index >= 15 is 0 Å². The number of para-hydroxylation sites is 1. The molecule has 66 heavy (non-hydrogen) atoms. The van der Waals surface area contributed by atoms with E-state index in [4.69, 9.17) is 9.97 Å². The van der Waals surface area contributed by atoms with Crippen LogP contribution < -0.4 is 5.32 Å². The fourth-order valence-corrected chi connectivity index (χ4v) is 8.79. The number of hydrogen-bond donors (Lipinski definition) is 4.